The van der Waals surface area contributed by atoms with Crippen LogP contribution in [0, 0.1) is 5.92 Å². The van der Waals surface area contributed by atoms with Crippen LogP contribution < -0.4 is 15.8 Å². The molecule has 1 heterocycles. The van der Waals surface area contributed by atoms with Crippen molar-refractivity contribution in [1.29, 1.82) is 0 Å². The van der Waals surface area contributed by atoms with Crippen LogP contribution in [0.3, 0.4) is 0 Å². The quantitative estimate of drug-likeness (QED) is 0.886. The number of benzene rings is 2. The zero-order valence-corrected chi connectivity index (χ0v) is 14.8. The minimum absolute atomic E-state index is 0.250. The van der Waals surface area contributed by atoms with Crippen LogP contribution in [-0.2, 0) is 4.79 Å². The van der Waals surface area contributed by atoms with E-state index in [0.717, 1.165) is 24.0 Å². The lowest BCUT2D eigenvalue weighted by atomic mass is 9.98. The van der Waals surface area contributed by atoms with Crippen LogP contribution in [0.2, 0.25) is 0 Å². The van der Waals surface area contributed by atoms with Gasteiger partial charge >= 0.3 is 6.03 Å². The van der Waals surface area contributed by atoms with Gasteiger partial charge in [-0.2, -0.15) is 0 Å². The predicted octanol–water partition coefficient (Wildman–Crippen LogP) is 3.09. The maximum atomic E-state index is 12.7. The molecule has 26 heavy (non-hydrogen) atoms. The average molecular weight is 353 g/mol. The van der Waals surface area contributed by atoms with E-state index < -0.39 is 0 Å². The molecule has 3 N–H and O–H groups in total. The molecule has 1 saturated heterocycles. The number of hydrogen-bond donors (Lipinski definition) is 2. The van der Waals surface area contributed by atoms with Gasteiger partial charge in [0.1, 0.15) is 5.75 Å². The van der Waals surface area contributed by atoms with Gasteiger partial charge < -0.3 is 20.7 Å². The van der Waals surface area contributed by atoms with E-state index in [4.69, 9.17) is 10.5 Å². The van der Waals surface area contributed by atoms with Crippen molar-refractivity contribution in [2.75, 3.05) is 25.5 Å². The number of nitrogens with one attached hydrogen (secondary N) is 1. The summed E-state index contributed by atoms with van der Waals surface area (Å²) in [4.78, 5) is 25.7. The number of carbonyl (C=O) groups excluding carboxylic acids is 2. The largest absolute Gasteiger partial charge is 0.495 e. The number of carbonyl (C=O) groups is 2. The fourth-order valence-electron chi connectivity index (χ4n) is 3.20. The summed E-state index contributed by atoms with van der Waals surface area (Å²) in [6, 6.07) is 15.3. The molecule has 0 spiro atoms. The lowest BCUT2D eigenvalue weighted by molar-refractivity contribution is -0.123. The van der Waals surface area contributed by atoms with Crippen LogP contribution in [0.25, 0.3) is 11.1 Å². The average Bonchev–Trinajstić information content (AvgIpc) is 2.68. The Morgan fingerprint density at radius 1 is 1.15 bits per heavy atom. The lowest BCUT2D eigenvalue weighted by Crippen LogP contribution is -2.45. The third-order valence-corrected chi connectivity index (χ3v) is 4.66. The first-order chi connectivity index (χ1) is 12.6. The number of nitrogens with zero attached hydrogens (tertiary/aromatic N) is 1. The van der Waals surface area contributed by atoms with E-state index >= 15 is 0 Å². The summed E-state index contributed by atoms with van der Waals surface area (Å²) in [6.07, 6.45) is 1.49. The molecule has 6 nitrogen and oxygen atoms in total. The topological polar surface area (TPSA) is 84.7 Å². The molecule has 2 aromatic rings. The lowest BCUT2D eigenvalue weighted by Gasteiger charge is -2.31. The SMILES string of the molecule is COc1ccc(-c2ccccc2)cc1NC(=O)N1CCCC(C(N)=O)C1. The Labute approximate surface area is 152 Å². The smallest absolute Gasteiger partial charge is 0.321 e. The van der Waals surface area contributed by atoms with Crippen LogP contribution in [0.1, 0.15) is 12.8 Å². The van der Waals surface area contributed by atoms with Crippen molar-refractivity contribution in [3.05, 3.63) is 48.5 Å². The van der Waals surface area contributed by atoms with Gasteiger partial charge in [0, 0.05) is 13.1 Å². The Morgan fingerprint density at radius 2 is 1.92 bits per heavy atom. The minimum Gasteiger partial charge on any atom is -0.495 e. The van der Waals surface area contributed by atoms with Crippen LogP contribution in [-0.4, -0.2) is 37.0 Å². The molecule has 1 atom stereocenters. The maximum absolute atomic E-state index is 12.7. The molecule has 1 aliphatic rings. The number of amides is 3. The number of hydrogen-bond acceptors (Lipinski definition) is 3. The Balaban J connectivity index is 1.79. The molecule has 0 saturated carbocycles. The van der Waals surface area contributed by atoms with Gasteiger partial charge in [0.15, 0.2) is 0 Å². The molecule has 2 aromatic carbocycles. The maximum Gasteiger partial charge on any atom is 0.321 e. The monoisotopic (exact) mass is 353 g/mol. The first kappa shape index (κ1) is 17.8. The third-order valence-electron chi connectivity index (χ3n) is 4.66. The van der Waals surface area contributed by atoms with Gasteiger partial charge in [-0.15, -0.1) is 0 Å². The number of methoxy groups -OCH3 is 1. The first-order valence-electron chi connectivity index (χ1n) is 8.67. The van der Waals surface area contributed by atoms with Crippen LogP contribution >= 0.6 is 0 Å². The Hall–Kier alpha value is -3.02. The van der Waals surface area contributed by atoms with E-state index in [9.17, 15) is 9.59 Å². The number of ether oxygens (including phenoxy) is 1. The van der Waals surface area contributed by atoms with E-state index in [1.165, 1.54) is 0 Å². The van der Waals surface area contributed by atoms with Crippen molar-refractivity contribution in [3.8, 4) is 16.9 Å². The minimum atomic E-state index is -0.355. The van der Waals surface area contributed by atoms with Crippen molar-refractivity contribution in [1.82, 2.24) is 4.90 Å². The highest BCUT2D eigenvalue weighted by Gasteiger charge is 2.27. The number of rotatable bonds is 4. The summed E-state index contributed by atoms with van der Waals surface area (Å²) in [5, 5.41) is 2.91. The first-order valence-corrected chi connectivity index (χ1v) is 8.67. The van der Waals surface area contributed by atoms with Gasteiger partial charge in [0.05, 0.1) is 18.7 Å². The highest BCUT2D eigenvalue weighted by atomic mass is 16.5. The molecular formula is C20H23N3O3. The van der Waals surface area contributed by atoms with Crippen LogP contribution in [0.4, 0.5) is 10.5 Å². The normalized spacial score (nSPS) is 16.8. The molecule has 3 rings (SSSR count). The van der Waals surface area contributed by atoms with E-state index in [1.54, 1.807) is 12.0 Å². The number of primary amides is 1. The third kappa shape index (κ3) is 3.96. The van der Waals surface area contributed by atoms with Gasteiger partial charge in [0.2, 0.25) is 5.91 Å². The van der Waals surface area contributed by atoms with Crippen molar-refractivity contribution >= 4 is 17.6 Å². The summed E-state index contributed by atoms with van der Waals surface area (Å²) in [6.45, 7) is 0.957. The van der Waals surface area contributed by atoms with Crippen molar-refractivity contribution in [2.45, 2.75) is 12.8 Å². The fraction of sp³-hybridized carbons (Fsp3) is 0.300. The molecule has 3 amide bonds. The second-order valence-electron chi connectivity index (χ2n) is 6.40. The molecule has 6 heteroatoms. The van der Waals surface area contributed by atoms with E-state index in [0.29, 0.717) is 24.5 Å². The Kier molecular flexibility index (Phi) is 5.41. The standard InChI is InChI=1S/C20H23N3O3/c1-26-18-10-9-15(14-6-3-2-4-7-14)12-17(18)22-20(25)23-11-5-8-16(13-23)19(21)24/h2-4,6-7,9-10,12,16H,5,8,11,13H2,1H3,(H2,21,24)(H,22,25). The summed E-state index contributed by atoms with van der Waals surface area (Å²) in [7, 11) is 1.57. The number of anilines is 1. The number of urea groups is 1. The van der Waals surface area contributed by atoms with Crippen molar-refractivity contribution < 1.29 is 14.3 Å². The number of piperidine rings is 1. The summed E-state index contributed by atoms with van der Waals surface area (Å²) < 4.78 is 5.38. The predicted molar refractivity (Wildman–Crippen MR) is 101 cm³/mol. The van der Waals surface area contributed by atoms with Crippen LogP contribution in [0.5, 0.6) is 5.75 Å². The van der Waals surface area contributed by atoms with Gasteiger partial charge in [-0.1, -0.05) is 36.4 Å². The molecule has 0 aliphatic carbocycles. The highest BCUT2D eigenvalue weighted by Crippen LogP contribution is 2.31. The molecule has 0 aromatic heterocycles. The summed E-state index contributed by atoms with van der Waals surface area (Å²) in [5.41, 5.74) is 8.03. The summed E-state index contributed by atoms with van der Waals surface area (Å²) in [5.74, 6) is -0.0558. The van der Waals surface area contributed by atoms with Gasteiger partial charge in [-0.25, -0.2) is 4.79 Å². The van der Waals surface area contributed by atoms with Gasteiger partial charge in [-0.05, 0) is 36.1 Å². The van der Waals surface area contributed by atoms with E-state index in [-0.39, 0.29) is 17.9 Å². The second kappa shape index (κ2) is 7.91. The molecule has 1 unspecified atom stereocenters. The van der Waals surface area contributed by atoms with E-state index in [2.05, 4.69) is 5.32 Å². The fourth-order valence-corrected chi connectivity index (χ4v) is 3.20. The zero-order valence-electron chi connectivity index (χ0n) is 14.8. The number of likely N-dealkylation sites (tertiary alicyclic amines) is 1. The molecule has 1 fully saturated rings. The zero-order chi connectivity index (χ0) is 18.5. The van der Waals surface area contributed by atoms with Gasteiger partial charge in [0.25, 0.3) is 0 Å². The second-order valence-corrected chi connectivity index (χ2v) is 6.40. The Morgan fingerprint density at radius 3 is 2.62 bits per heavy atom. The molecule has 136 valence electrons. The highest BCUT2D eigenvalue weighted by molar-refractivity contribution is 5.92. The van der Waals surface area contributed by atoms with Crippen LogP contribution in [0.15, 0.2) is 48.5 Å². The van der Waals surface area contributed by atoms with Gasteiger partial charge in [-0.3, -0.25) is 4.79 Å². The molecule has 0 bridgehead atoms. The molecule has 1 aliphatic heterocycles. The van der Waals surface area contributed by atoms with Crippen molar-refractivity contribution in [2.24, 2.45) is 11.7 Å². The molecular weight excluding hydrogens is 330 g/mol. The Bertz CT molecular complexity index is 792. The number of nitrogens with two attached hydrogens (primary N) is 1. The van der Waals surface area contributed by atoms with E-state index in [1.807, 2.05) is 48.5 Å². The van der Waals surface area contributed by atoms with Crippen molar-refractivity contribution in [3.63, 3.8) is 0 Å². The molecule has 0 radical (unpaired) electrons. The summed E-state index contributed by atoms with van der Waals surface area (Å²) >= 11 is 0.